The Morgan fingerprint density at radius 3 is 2.12 bits per heavy atom. The molecule has 0 fully saturated rings. The van der Waals surface area contributed by atoms with Crippen LogP contribution in [0, 0.1) is 0 Å². The number of hydrogen-bond donors (Lipinski definition) is 1. The van der Waals surface area contributed by atoms with Crippen molar-refractivity contribution in [1.82, 2.24) is 19.7 Å². The van der Waals surface area contributed by atoms with Gasteiger partial charge in [-0.3, -0.25) is 0 Å². The number of rotatable bonds is 8. The largest absolute Gasteiger partial charge is 0.382 e. The van der Waals surface area contributed by atoms with Gasteiger partial charge in [-0.15, -0.1) is 0 Å². The Bertz CT molecular complexity index is 1910. The number of anilines is 3. The summed E-state index contributed by atoms with van der Waals surface area (Å²) < 4.78 is 79.0. The molecule has 0 unspecified atom stereocenters. The fraction of sp³-hybridized carbons (Fsp3) is 0.292. The van der Waals surface area contributed by atoms with Crippen molar-refractivity contribution in [1.29, 1.82) is 0 Å². The number of benzene rings is 2. The number of hydrogen-bond acceptors (Lipinski definition) is 11. The second-order valence-corrected chi connectivity index (χ2v) is 14.9. The maximum atomic E-state index is 12.0. The van der Waals surface area contributed by atoms with Crippen molar-refractivity contribution in [2.24, 2.45) is 0 Å². The third kappa shape index (κ3) is 5.73. The molecule has 2 heterocycles. The van der Waals surface area contributed by atoms with Gasteiger partial charge in [0.05, 0.1) is 41.7 Å². The molecule has 2 aromatic carbocycles. The van der Waals surface area contributed by atoms with E-state index >= 15 is 0 Å². The van der Waals surface area contributed by atoms with Gasteiger partial charge in [-0.05, 0) is 67.6 Å². The zero-order valence-corrected chi connectivity index (χ0v) is 24.2. The van der Waals surface area contributed by atoms with Crippen LogP contribution in [-0.4, -0.2) is 63.8 Å². The van der Waals surface area contributed by atoms with Gasteiger partial charge in [-0.25, -0.2) is 26.5 Å². The number of nitrogens with zero attached hydrogens (tertiary/aromatic N) is 5. The molecule has 0 aliphatic heterocycles. The molecule has 1 aliphatic rings. The molecule has 0 bridgehead atoms. The van der Waals surface area contributed by atoms with E-state index in [1.165, 1.54) is 24.3 Å². The molecule has 0 atom stereocenters. The van der Waals surface area contributed by atoms with E-state index in [4.69, 9.17) is 4.18 Å². The SMILES string of the molecule is CS(=O)(=O)Oc1ccc(-n2ncc3cnc(Nc4ccc(N(S(C)(=O)=O)S(C)(=O)=O)cc4)nc32)c2c1CCCC2. The average Bonchev–Trinajstić information content (AvgIpc) is 3.26. The van der Waals surface area contributed by atoms with Crippen molar-refractivity contribution in [2.75, 3.05) is 27.8 Å². The van der Waals surface area contributed by atoms with Crippen LogP contribution < -0.4 is 13.2 Å². The molecule has 5 rings (SSSR count). The standard InChI is InChI=1S/C24H26N6O7S3/c1-38(31,32)30(39(2,33)34)18-10-8-17(9-11-18)27-24-25-14-16-15-26-29(23(16)28-24)21-12-13-22(37-40(3,35)36)20-7-5-4-6-19(20)21/h8-15H,4-7H2,1-3H3,(H,25,27,28). The lowest BCUT2D eigenvalue weighted by atomic mass is 9.89. The van der Waals surface area contributed by atoms with Crippen LogP contribution in [0.25, 0.3) is 16.7 Å². The molecule has 16 heteroatoms. The zero-order chi connectivity index (χ0) is 28.9. The Hall–Kier alpha value is -3.76. The van der Waals surface area contributed by atoms with Crippen LogP contribution in [0.5, 0.6) is 5.75 Å². The molecule has 4 aromatic rings. The molecule has 0 spiro atoms. The van der Waals surface area contributed by atoms with Gasteiger partial charge in [-0.1, -0.05) is 0 Å². The third-order valence-electron chi connectivity index (χ3n) is 6.18. The summed E-state index contributed by atoms with van der Waals surface area (Å²) in [5.74, 6) is 0.555. The van der Waals surface area contributed by atoms with Crippen LogP contribution in [0.4, 0.5) is 17.3 Å². The van der Waals surface area contributed by atoms with E-state index in [0.29, 0.717) is 32.6 Å². The molecule has 212 valence electrons. The van der Waals surface area contributed by atoms with Crippen molar-refractivity contribution >= 4 is 58.5 Å². The monoisotopic (exact) mass is 606 g/mol. The molecule has 40 heavy (non-hydrogen) atoms. The normalized spacial score (nSPS) is 14.1. The summed E-state index contributed by atoms with van der Waals surface area (Å²) in [5.41, 5.74) is 3.53. The van der Waals surface area contributed by atoms with Gasteiger partial charge < -0.3 is 9.50 Å². The summed E-state index contributed by atoms with van der Waals surface area (Å²) in [5, 5.41) is 8.23. The van der Waals surface area contributed by atoms with E-state index in [1.54, 1.807) is 29.2 Å². The highest BCUT2D eigenvalue weighted by atomic mass is 32.3. The Labute approximate surface area is 232 Å². The predicted octanol–water partition coefficient (Wildman–Crippen LogP) is 2.50. The van der Waals surface area contributed by atoms with Gasteiger partial charge in [0.15, 0.2) is 5.65 Å². The van der Waals surface area contributed by atoms with Gasteiger partial charge >= 0.3 is 10.1 Å². The number of fused-ring (bicyclic) bond motifs is 2. The maximum Gasteiger partial charge on any atom is 0.306 e. The number of nitrogens with one attached hydrogen (secondary N) is 1. The highest BCUT2D eigenvalue weighted by Crippen LogP contribution is 2.35. The van der Waals surface area contributed by atoms with Crippen LogP contribution in [-0.2, 0) is 43.0 Å². The van der Waals surface area contributed by atoms with Crippen LogP contribution in [0.2, 0.25) is 0 Å². The number of sulfonamides is 2. The molecule has 13 nitrogen and oxygen atoms in total. The summed E-state index contributed by atoms with van der Waals surface area (Å²) in [7, 11) is -11.8. The fourth-order valence-electron chi connectivity index (χ4n) is 4.73. The highest BCUT2D eigenvalue weighted by Gasteiger charge is 2.27. The van der Waals surface area contributed by atoms with Crippen molar-refractivity contribution in [2.45, 2.75) is 25.7 Å². The highest BCUT2D eigenvalue weighted by molar-refractivity contribution is 8.09. The third-order valence-corrected chi connectivity index (χ3v) is 9.92. The van der Waals surface area contributed by atoms with Crippen LogP contribution in [0.15, 0.2) is 48.8 Å². The molecular formula is C24H26N6O7S3. The summed E-state index contributed by atoms with van der Waals surface area (Å²) in [6, 6.07) is 9.15. The first kappa shape index (κ1) is 27.8. The van der Waals surface area contributed by atoms with Crippen LogP contribution in [0.3, 0.4) is 0 Å². The zero-order valence-electron chi connectivity index (χ0n) is 21.8. The van der Waals surface area contributed by atoms with Gasteiger partial charge in [0, 0.05) is 17.4 Å². The van der Waals surface area contributed by atoms with E-state index in [2.05, 4.69) is 20.4 Å². The van der Waals surface area contributed by atoms with Crippen LogP contribution >= 0.6 is 0 Å². The first-order valence-electron chi connectivity index (χ1n) is 12.0. The second kappa shape index (κ2) is 10.0. The summed E-state index contributed by atoms with van der Waals surface area (Å²) in [4.78, 5) is 8.95. The Morgan fingerprint density at radius 2 is 1.50 bits per heavy atom. The molecule has 0 amide bonds. The van der Waals surface area contributed by atoms with Crippen molar-refractivity contribution in [3.8, 4) is 11.4 Å². The van der Waals surface area contributed by atoms with E-state index in [0.717, 1.165) is 54.8 Å². The molecule has 1 aliphatic carbocycles. The lowest BCUT2D eigenvalue weighted by Gasteiger charge is -2.22. The van der Waals surface area contributed by atoms with E-state index < -0.39 is 30.2 Å². The summed E-state index contributed by atoms with van der Waals surface area (Å²) in [6.07, 6.45) is 9.15. The second-order valence-electron chi connectivity index (χ2n) is 9.46. The lowest BCUT2D eigenvalue weighted by molar-refractivity contribution is 0.486. The fourth-order valence-corrected chi connectivity index (χ4v) is 8.19. The van der Waals surface area contributed by atoms with Crippen molar-refractivity contribution in [3.63, 3.8) is 0 Å². The topological polar surface area (TPSA) is 171 Å². The first-order valence-corrected chi connectivity index (χ1v) is 17.5. The predicted molar refractivity (Wildman–Crippen MR) is 151 cm³/mol. The quantitative estimate of drug-likeness (QED) is 0.292. The van der Waals surface area contributed by atoms with E-state index in [9.17, 15) is 25.3 Å². The molecule has 0 saturated heterocycles. The Morgan fingerprint density at radius 1 is 0.850 bits per heavy atom. The van der Waals surface area contributed by atoms with Crippen LogP contribution in [0.1, 0.15) is 24.0 Å². The minimum atomic E-state index is -4.06. The van der Waals surface area contributed by atoms with Gasteiger partial charge in [0.1, 0.15) is 5.75 Å². The van der Waals surface area contributed by atoms with Gasteiger partial charge in [0.25, 0.3) is 0 Å². The minimum absolute atomic E-state index is 0.0296. The van der Waals surface area contributed by atoms with Crippen molar-refractivity contribution < 1.29 is 29.4 Å². The Kier molecular flexibility index (Phi) is 6.96. The number of aromatic nitrogens is 4. The van der Waals surface area contributed by atoms with E-state index in [-0.39, 0.29) is 11.6 Å². The molecule has 0 radical (unpaired) electrons. The molecular weight excluding hydrogens is 581 g/mol. The smallest absolute Gasteiger partial charge is 0.306 e. The molecule has 1 N–H and O–H groups in total. The molecule has 0 saturated carbocycles. The lowest BCUT2D eigenvalue weighted by Crippen LogP contribution is -2.35. The first-order chi connectivity index (χ1) is 18.7. The van der Waals surface area contributed by atoms with Gasteiger partial charge in [-0.2, -0.15) is 22.2 Å². The average molecular weight is 607 g/mol. The minimum Gasteiger partial charge on any atom is -0.382 e. The summed E-state index contributed by atoms with van der Waals surface area (Å²) in [6.45, 7) is 0. The maximum absolute atomic E-state index is 12.0. The van der Waals surface area contributed by atoms with Crippen molar-refractivity contribution in [3.05, 3.63) is 59.9 Å². The van der Waals surface area contributed by atoms with Gasteiger partial charge in [0.2, 0.25) is 26.0 Å². The molecule has 2 aromatic heterocycles. The summed E-state index contributed by atoms with van der Waals surface area (Å²) >= 11 is 0. The Balaban J connectivity index is 1.49. The van der Waals surface area contributed by atoms with E-state index in [1.807, 2.05) is 0 Å².